The fourth-order valence-electron chi connectivity index (χ4n) is 2.65. The zero-order chi connectivity index (χ0) is 20.2. The van der Waals surface area contributed by atoms with Crippen molar-refractivity contribution in [3.05, 3.63) is 74.8 Å². The number of amides is 1. The maximum Gasteiger partial charge on any atom is 0.338 e. The van der Waals surface area contributed by atoms with E-state index in [1.807, 2.05) is 39.0 Å². The third-order valence-corrected chi connectivity index (χ3v) is 4.30. The largest absolute Gasteiger partial charge is 0.465 e. The topological polar surface area (TPSA) is 98.5 Å². The van der Waals surface area contributed by atoms with Gasteiger partial charge in [0.2, 0.25) is 0 Å². The summed E-state index contributed by atoms with van der Waals surface area (Å²) < 4.78 is 4.60. The molecular formula is C20H22N2O5. The van der Waals surface area contributed by atoms with Crippen LogP contribution in [0.15, 0.2) is 42.5 Å². The minimum absolute atomic E-state index is 0.0321. The van der Waals surface area contributed by atoms with Gasteiger partial charge in [0, 0.05) is 29.7 Å². The second-order valence-corrected chi connectivity index (χ2v) is 6.95. The van der Waals surface area contributed by atoms with Crippen molar-refractivity contribution in [3.63, 3.8) is 0 Å². The van der Waals surface area contributed by atoms with Gasteiger partial charge in [-0.2, -0.15) is 0 Å². The number of nitrogens with one attached hydrogen (secondary N) is 1. The minimum Gasteiger partial charge on any atom is -0.465 e. The number of hydrogen-bond acceptors (Lipinski definition) is 5. The fraction of sp³-hybridized carbons (Fsp3) is 0.300. The Morgan fingerprint density at radius 2 is 1.81 bits per heavy atom. The second-order valence-electron chi connectivity index (χ2n) is 6.95. The van der Waals surface area contributed by atoms with E-state index >= 15 is 0 Å². The number of non-ortho nitro benzene ring substituents is 1. The van der Waals surface area contributed by atoms with E-state index < -0.39 is 16.8 Å². The molecule has 0 unspecified atom stereocenters. The number of nitrogens with zero attached hydrogens (tertiary/aromatic N) is 1. The number of nitro groups is 1. The van der Waals surface area contributed by atoms with Gasteiger partial charge in [0.15, 0.2) is 0 Å². The quantitative estimate of drug-likeness (QED) is 0.477. The number of methoxy groups -OCH3 is 1. The predicted octanol–water partition coefficient (Wildman–Crippen LogP) is 3.40. The molecule has 0 aliphatic rings. The summed E-state index contributed by atoms with van der Waals surface area (Å²) in [6.07, 6.45) is 0. The van der Waals surface area contributed by atoms with Crippen LogP contribution in [-0.2, 0) is 10.2 Å². The van der Waals surface area contributed by atoms with Gasteiger partial charge in [-0.15, -0.1) is 0 Å². The minimum atomic E-state index is -0.743. The maximum atomic E-state index is 12.5. The third kappa shape index (κ3) is 4.91. The summed E-state index contributed by atoms with van der Waals surface area (Å²) in [6.45, 7) is 6.31. The molecule has 1 amide bonds. The molecule has 2 aromatic rings. The SMILES string of the molecule is COC(=O)c1cc(C(=O)NCC(C)(C)c2cccc(C)c2)cc([N+](=O)[O-])c1. The average molecular weight is 370 g/mol. The van der Waals surface area contributed by atoms with Gasteiger partial charge in [-0.25, -0.2) is 4.79 Å². The molecule has 2 rings (SSSR count). The van der Waals surface area contributed by atoms with Crippen LogP contribution in [0.2, 0.25) is 0 Å². The van der Waals surface area contributed by atoms with Gasteiger partial charge in [-0.1, -0.05) is 43.7 Å². The summed E-state index contributed by atoms with van der Waals surface area (Å²) in [5.41, 5.74) is 1.49. The molecule has 0 fully saturated rings. The molecule has 0 radical (unpaired) electrons. The van der Waals surface area contributed by atoms with Crippen LogP contribution in [-0.4, -0.2) is 30.5 Å². The molecule has 0 aromatic heterocycles. The molecular weight excluding hydrogens is 348 g/mol. The average Bonchev–Trinajstić information content (AvgIpc) is 2.65. The molecule has 1 N–H and O–H groups in total. The molecule has 142 valence electrons. The third-order valence-electron chi connectivity index (χ3n) is 4.30. The highest BCUT2D eigenvalue weighted by molar-refractivity contribution is 5.99. The molecule has 27 heavy (non-hydrogen) atoms. The van der Waals surface area contributed by atoms with Crippen LogP contribution in [0.5, 0.6) is 0 Å². The number of ether oxygens (including phenoxy) is 1. The molecule has 0 aliphatic carbocycles. The van der Waals surface area contributed by atoms with Crippen LogP contribution in [0, 0.1) is 17.0 Å². The standard InChI is InChI=1S/C20H22N2O5/c1-13-6-5-7-16(8-13)20(2,3)12-21-18(23)14-9-15(19(24)27-4)11-17(10-14)22(25)26/h5-11H,12H2,1-4H3,(H,21,23). The first-order chi connectivity index (χ1) is 12.6. The van der Waals surface area contributed by atoms with Gasteiger partial charge in [-0.05, 0) is 18.6 Å². The van der Waals surface area contributed by atoms with Gasteiger partial charge in [-0.3, -0.25) is 14.9 Å². The Hall–Kier alpha value is -3.22. The number of benzene rings is 2. The van der Waals surface area contributed by atoms with Gasteiger partial charge >= 0.3 is 5.97 Å². The van der Waals surface area contributed by atoms with Crippen LogP contribution >= 0.6 is 0 Å². The lowest BCUT2D eigenvalue weighted by Gasteiger charge is -2.26. The van der Waals surface area contributed by atoms with E-state index in [9.17, 15) is 19.7 Å². The van der Waals surface area contributed by atoms with Crippen LogP contribution in [0.4, 0.5) is 5.69 Å². The number of hydrogen-bond donors (Lipinski definition) is 1. The van der Waals surface area contributed by atoms with E-state index in [2.05, 4.69) is 16.1 Å². The smallest absolute Gasteiger partial charge is 0.338 e. The number of rotatable bonds is 6. The molecule has 0 bridgehead atoms. The molecule has 0 aliphatic heterocycles. The monoisotopic (exact) mass is 370 g/mol. The van der Waals surface area contributed by atoms with E-state index in [0.29, 0.717) is 6.54 Å². The molecule has 0 saturated heterocycles. The highest BCUT2D eigenvalue weighted by Gasteiger charge is 2.23. The summed E-state index contributed by atoms with van der Waals surface area (Å²) in [5, 5.41) is 13.9. The highest BCUT2D eigenvalue weighted by Crippen LogP contribution is 2.24. The van der Waals surface area contributed by atoms with Crippen molar-refractivity contribution in [1.82, 2.24) is 5.32 Å². The molecule has 0 saturated carbocycles. The van der Waals surface area contributed by atoms with E-state index in [-0.39, 0.29) is 22.2 Å². The maximum absolute atomic E-state index is 12.5. The molecule has 0 heterocycles. The van der Waals surface area contributed by atoms with Crippen molar-refractivity contribution in [2.75, 3.05) is 13.7 Å². The van der Waals surface area contributed by atoms with Crippen LogP contribution in [0.3, 0.4) is 0 Å². The van der Waals surface area contributed by atoms with Crippen LogP contribution < -0.4 is 5.32 Å². The van der Waals surface area contributed by atoms with E-state index in [4.69, 9.17) is 0 Å². The first-order valence-corrected chi connectivity index (χ1v) is 8.37. The summed E-state index contributed by atoms with van der Waals surface area (Å²) in [5.74, 6) is -1.24. The van der Waals surface area contributed by atoms with Crippen LogP contribution in [0.25, 0.3) is 0 Å². The number of carbonyl (C=O) groups is 2. The lowest BCUT2D eigenvalue weighted by Crippen LogP contribution is -2.36. The lowest BCUT2D eigenvalue weighted by molar-refractivity contribution is -0.384. The number of aryl methyl sites for hydroxylation is 1. The first-order valence-electron chi connectivity index (χ1n) is 8.37. The van der Waals surface area contributed by atoms with Gasteiger partial charge in [0.05, 0.1) is 17.6 Å². The van der Waals surface area contributed by atoms with E-state index in [0.717, 1.165) is 23.3 Å². The van der Waals surface area contributed by atoms with Gasteiger partial charge in [0.1, 0.15) is 0 Å². The molecule has 0 spiro atoms. The fourth-order valence-corrected chi connectivity index (χ4v) is 2.65. The molecule has 2 aromatic carbocycles. The lowest BCUT2D eigenvalue weighted by atomic mass is 9.84. The van der Waals surface area contributed by atoms with Crippen molar-refractivity contribution < 1.29 is 19.2 Å². The Balaban J connectivity index is 2.23. The normalized spacial score (nSPS) is 11.0. The highest BCUT2D eigenvalue weighted by atomic mass is 16.6. The van der Waals surface area contributed by atoms with Crippen molar-refractivity contribution in [3.8, 4) is 0 Å². The number of nitro benzene ring substituents is 1. The molecule has 7 nitrogen and oxygen atoms in total. The van der Waals surface area contributed by atoms with Gasteiger partial charge < -0.3 is 10.1 Å². The molecule has 7 heteroatoms. The Bertz CT molecular complexity index is 890. The van der Waals surface area contributed by atoms with Crippen molar-refractivity contribution in [1.29, 1.82) is 0 Å². The first kappa shape index (κ1) is 20.1. The predicted molar refractivity (Wildman–Crippen MR) is 101 cm³/mol. The van der Waals surface area contributed by atoms with Gasteiger partial charge in [0.25, 0.3) is 11.6 Å². The van der Waals surface area contributed by atoms with E-state index in [1.165, 1.54) is 13.2 Å². The summed E-state index contributed by atoms with van der Waals surface area (Å²) >= 11 is 0. The zero-order valence-electron chi connectivity index (χ0n) is 15.7. The Morgan fingerprint density at radius 1 is 1.15 bits per heavy atom. The Morgan fingerprint density at radius 3 is 2.41 bits per heavy atom. The Kier molecular flexibility index (Phi) is 5.95. The van der Waals surface area contributed by atoms with Crippen LogP contribution in [0.1, 0.15) is 45.7 Å². The summed E-state index contributed by atoms with van der Waals surface area (Å²) in [4.78, 5) is 34.7. The number of esters is 1. The summed E-state index contributed by atoms with van der Waals surface area (Å²) in [6, 6.07) is 11.5. The zero-order valence-corrected chi connectivity index (χ0v) is 15.7. The van der Waals surface area contributed by atoms with Crippen molar-refractivity contribution in [2.24, 2.45) is 0 Å². The van der Waals surface area contributed by atoms with Crippen molar-refractivity contribution in [2.45, 2.75) is 26.2 Å². The van der Waals surface area contributed by atoms with Crippen molar-refractivity contribution >= 4 is 17.6 Å². The Labute approximate surface area is 157 Å². The second kappa shape index (κ2) is 7.99. The summed E-state index contributed by atoms with van der Waals surface area (Å²) in [7, 11) is 1.17. The molecule has 0 atom stereocenters. The number of carbonyl (C=O) groups excluding carboxylic acids is 2. The van der Waals surface area contributed by atoms with E-state index in [1.54, 1.807) is 0 Å².